The van der Waals surface area contributed by atoms with Gasteiger partial charge in [-0.1, -0.05) is 6.07 Å². The number of carbonyl (C=O) groups excluding carboxylic acids is 1. The number of nitrogens with zero attached hydrogens (tertiary/aromatic N) is 1. The molecule has 5 heteroatoms. The predicted octanol–water partition coefficient (Wildman–Crippen LogP) is 1.81. The number of amides is 1. The van der Waals surface area contributed by atoms with Gasteiger partial charge in [-0.15, -0.1) is 0 Å². The highest BCUT2D eigenvalue weighted by atomic mass is 16.3. The van der Waals surface area contributed by atoms with E-state index in [0.29, 0.717) is 18.6 Å². The molecule has 1 atom stereocenters. The molecule has 1 aromatic carbocycles. The monoisotopic (exact) mass is 319 g/mol. The quantitative estimate of drug-likeness (QED) is 0.748. The van der Waals surface area contributed by atoms with Crippen LogP contribution in [0.1, 0.15) is 44.9 Å². The Hall–Kier alpha value is -1.59. The molecule has 1 aliphatic rings. The Morgan fingerprint density at radius 1 is 1.35 bits per heavy atom. The summed E-state index contributed by atoms with van der Waals surface area (Å²) < 4.78 is 0. The Morgan fingerprint density at radius 2 is 2.04 bits per heavy atom. The molecule has 5 nitrogen and oxygen atoms in total. The first kappa shape index (κ1) is 17.8. The Balaban J connectivity index is 1.95. The smallest absolute Gasteiger partial charge is 0.241 e. The van der Waals surface area contributed by atoms with Crippen LogP contribution in [0.25, 0.3) is 0 Å². The number of rotatable bonds is 6. The number of phenolic OH excluding ortho intramolecular Hbond substituents is 1. The number of hydrogen-bond donors (Lipinski definition) is 3. The minimum absolute atomic E-state index is 0.00380. The maximum absolute atomic E-state index is 12.5. The number of carbonyl (C=O) groups is 1. The molecule has 0 bridgehead atoms. The molecule has 1 aromatic rings. The van der Waals surface area contributed by atoms with Crippen LogP contribution in [-0.2, 0) is 11.2 Å². The second-order valence-electron chi connectivity index (χ2n) is 6.74. The van der Waals surface area contributed by atoms with Gasteiger partial charge >= 0.3 is 0 Å². The molecule has 1 heterocycles. The van der Waals surface area contributed by atoms with Crippen LogP contribution in [0.2, 0.25) is 0 Å². The largest absolute Gasteiger partial charge is 0.508 e. The maximum Gasteiger partial charge on any atom is 0.241 e. The number of nitrogens with one attached hydrogen (secondary N) is 2. The maximum atomic E-state index is 12.5. The molecule has 0 saturated heterocycles. The van der Waals surface area contributed by atoms with Crippen molar-refractivity contribution in [1.82, 2.24) is 15.5 Å². The van der Waals surface area contributed by atoms with Gasteiger partial charge in [0.1, 0.15) is 11.8 Å². The lowest BCUT2D eigenvalue weighted by molar-refractivity contribution is -0.123. The molecule has 3 N–H and O–H groups in total. The molecule has 1 amide bonds. The summed E-state index contributed by atoms with van der Waals surface area (Å²) in [6.45, 7) is 10.9. The Morgan fingerprint density at radius 3 is 2.70 bits per heavy atom. The normalized spacial score (nSPS) is 17.6. The minimum Gasteiger partial charge on any atom is -0.508 e. The second-order valence-corrected chi connectivity index (χ2v) is 6.74. The average molecular weight is 319 g/mol. The van der Waals surface area contributed by atoms with Crippen molar-refractivity contribution in [2.24, 2.45) is 0 Å². The van der Waals surface area contributed by atoms with E-state index in [1.54, 1.807) is 12.1 Å². The van der Waals surface area contributed by atoms with Crippen molar-refractivity contribution in [3.05, 3.63) is 29.3 Å². The second kappa shape index (κ2) is 7.79. The first-order valence-electron chi connectivity index (χ1n) is 8.48. The van der Waals surface area contributed by atoms with Gasteiger partial charge in [-0.2, -0.15) is 0 Å². The van der Waals surface area contributed by atoms with E-state index in [1.807, 2.05) is 6.07 Å². The lowest BCUT2D eigenvalue weighted by Gasteiger charge is -2.31. The summed E-state index contributed by atoms with van der Waals surface area (Å²) in [6.07, 6.45) is 0.835. The van der Waals surface area contributed by atoms with E-state index in [1.165, 1.54) is 0 Å². The van der Waals surface area contributed by atoms with E-state index in [2.05, 4.69) is 43.2 Å². The molecule has 2 rings (SSSR count). The van der Waals surface area contributed by atoms with Crippen LogP contribution in [-0.4, -0.2) is 47.6 Å². The predicted molar refractivity (Wildman–Crippen MR) is 92.5 cm³/mol. The van der Waals surface area contributed by atoms with Crippen molar-refractivity contribution in [3.8, 4) is 5.75 Å². The molecule has 0 aliphatic carbocycles. The summed E-state index contributed by atoms with van der Waals surface area (Å²) in [5.41, 5.74) is 2.02. The van der Waals surface area contributed by atoms with Crippen molar-refractivity contribution < 1.29 is 9.90 Å². The van der Waals surface area contributed by atoms with Gasteiger partial charge in [-0.3, -0.25) is 9.69 Å². The first-order valence-corrected chi connectivity index (χ1v) is 8.48. The van der Waals surface area contributed by atoms with Crippen molar-refractivity contribution in [2.45, 2.75) is 52.2 Å². The Kier molecular flexibility index (Phi) is 6.02. The fourth-order valence-corrected chi connectivity index (χ4v) is 3.31. The van der Waals surface area contributed by atoms with Crippen LogP contribution < -0.4 is 10.6 Å². The molecule has 0 radical (unpaired) electrons. The summed E-state index contributed by atoms with van der Waals surface area (Å²) in [5.74, 6) is 0.262. The van der Waals surface area contributed by atoms with Gasteiger partial charge in [0, 0.05) is 31.7 Å². The Bertz CT molecular complexity index is 535. The van der Waals surface area contributed by atoms with Gasteiger partial charge in [-0.25, -0.2) is 0 Å². The number of benzene rings is 1. The number of hydrogen-bond acceptors (Lipinski definition) is 4. The SMILES string of the molecule is CC(C)N(CCNC(=O)C1NCCc2cc(O)ccc21)C(C)C. The van der Waals surface area contributed by atoms with Crippen LogP contribution in [0.5, 0.6) is 5.75 Å². The van der Waals surface area contributed by atoms with Crippen LogP contribution in [0.4, 0.5) is 0 Å². The third kappa shape index (κ3) is 4.45. The number of phenols is 1. The zero-order valence-electron chi connectivity index (χ0n) is 14.6. The summed E-state index contributed by atoms with van der Waals surface area (Å²) in [5, 5.41) is 15.9. The molecule has 0 fully saturated rings. The topological polar surface area (TPSA) is 64.6 Å². The van der Waals surface area contributed by atoms with Crippen LogP contribution in [0, 0.1) is 0 Å². The highest BCUT2D eigenvalue weighted by molar-refractivity contribution is 5.84. The van der Waals surface area contributed by atoms with Crippen LogP contribution >= 0.6 is 0 Å². The first-order chi connectivity index (χ1) is 10.9. The van der Waals surface area contributed by atoms with Gasteiger partial charge < -0.3 is 15.7 Å². The molecule has 1 aliphatic heterocycles. The van der Waals surface area contributed by atoms with Crippen molar-refractivity contribution in [2.75, 3.05) is 19.6 Å². The highest BCUT2D eigenvalue weighted by Gasteiger charge is 2.26. The molecule has 0 spiro atoms. The van der Waals surface area contributed by atoms with E-state index in [9.17, 15) is 9.90 Å². The summed E-state index contributed by atoms with van der Waals surface area (Å²) in [6, 6.07) is 5.84. The van der Waals surface area contributed by atoms with E-state index < -0.39 is 0 Å². The molecule has 0 saturated carbocycles. The van der Waals surface area contributed by atoms with Crippen molar-refractivity contribution in [1.29, 1.82) is 0 Å². The lowest BCUT2D eigenvalue weighted by Crippen LogP contribution is -2.46. The van der Waals surface area contributed by atoms with Crippen LogP contribution in [0.3, 0.4) is 0 Å². The fourth-order valence-electron chi connectivity index (χ4n) is 3.31. The zero-order valence-corrected chi connectivity index (χ0v) is 14.6. The summed E-state index contributed by atoms with van der Waals surface area (Å²) >= 11 is 0. The number of aromatic hydroxyl groups is 1. The van der Waals surface area contributed by atoms with Crippen molar-refractivity contribution in [3.63, 3.8) is 0 Å². The molecule has 23 heavy (non-hydrogen) atoms. The lowest BCUT2D eigenvalue weighted by atomic mass is 9.93. The average Bonchev–Trinajstić information content (AvgIpc) is 2.49. The van der Waals surface area contributed by atoms with Gasteiger partial charge in [0.15, 0.2) is 0 Å². The summed E-state index contributed by atoms with van der Waals surface area (Å²) in [7, 11) is 0. The van der Waals surface area contributed by atoms with E-state index in [4.69, 9.17) is 0 Å². The van der Waals surface area contributed by atoms with E-state index in [0.717, 1.165) is 30.6 Å². The fraction of sp³-hybridized carbons (Fsp3) is 0.611. The molecular weight excluding hydrogens is 290 g/mol. The molecule has 128 valence electrons. The number of fused-ring (bicyclic) bond motifs is 1. The Labute approximate surface area is 139 Å². The minimum atomic E-state index is -0.328. The van der Waals surface area contributed by atoms with Gasteiger partial charge in [0.05, 0.1) is 0 Å². The molecule has 0 aromatic heterocycles. The third-order valence-electron chi connectivity index (χ3n) is 4.44. The van der Waals surface area contributed by atoms with Crippen molar-refractivity contribution >= 4 is 5.91 Å². The standard InChI is InChI=1S/C18H29N3O2/c1-12(2)21(13(3)4)10-9-20-18(23)17-16-6-5-15(22)11-14(16)7-8-19-17/h5-6,11-13,17,19,22H,7-10H2,1-4H3,(H,20,23). The summed E-state index contributed by atoms with van der Waals surface area (Å²) in [4.78, 5) is 14.9. The molecule has 1 unspecified atom stereocenters. The van der Waals surface area contributed by atoms with E-state index >= 15 is 0 Å². The highest BCUT2D eigenvalue weighted by Crippen LogP contribution is 2.26. The van der Waals surface area contributed by atoms with Crippen LogP contribution in [0.15, 0.2) is 18.2 Å². The van der Waals surface area contributed by atoms with Gasteiger partial charge in [0.25, 0.3) is 0 Å². The third-order valence-corrected chi connectivity index (χ3v) is 4.44. The molecular formula is C18H29N3O2. The van der Waals surface area contributed by atoms with E-state index in [-0.39, 0.29) is 17.7 Å². The zero-order chi connectivity index (χ0) is 17.0. The van der Waals surface area contributed by atoms with Gasteiger partial charge in [0.2, 0.25) is 5.91 Å². The van der Waals surface area contributed by atoms with Gasteiger partial charge in [-0.05, 0) is 57.4 Å².